The molecule has 2 nitrogen and oxygen atoms in total. The van der Waals surface area contributed by atoms with Gasteiger partial charge in [-0.05, 0) is 24.5 Å². The highest BCUT2D eigenvalue weighted by Gasteiger charge is 2.18. The maximum absolute atomic E-state index is 5.62. The fourth-order valence-corrected chi connectivity index (χ4v) is 2.69. The SMILES string of the molecule is CCOc1ccnc2cc(C(C)(C)C)sc12. The van der Waals surface area contributed by atoms with Gasteiger partial charge >= 0.3 is 0 Å². The quantitative estimate of drug-likeness (QED) is 0.785. The van der Waals surface area contributed by atoms with Crippen LogP contribution in [0.1, 0.15) is 32.6 Å². The Morgan fingerprint density at radius 3 is 2.75 bits per heavy atom. The first-order chi connectivity index (χ1) is 7.52. The minimum Gasteiger partial charge on any atom is -0.492 e. The molecule has 0 aliphatic heterocycles. The van der Waals surface area contributed by atoms with Crippen molar-refractivity contribution in [2.75, 3.05) is 6.61 Å². The van der Waals surface area contributed by atoms with Gasteiger partial charge in [0.1, 0.15) is 5.75 Å². The van der Waals surface area contributed by atoms with Gasteiger partial charge in [-0.3, -0.25) is 4.98 Å². The Kier molecular flexibility index (Phi) is 2.89. The fraction of sp³-hybridized carbons (Fsp3) is 0.462. The normalized spacial score (nSPS) is 12.0. The van der Waals surface area contributed by atoms with Crippen molar-refractivity contribution < 1.29 is 4.74 Å². The lowest BCUT2D eigenvalue weighted by atomic mass is 9.95. The van der Waals surface area contributed by atoms with Crippen molar-refractivity contribution >= 4 is 21.6 Å². The van der Waals surface area contributed by atoms with Gasteiger partial charge in [0.05, 0.1) is 16.8 Å². The van der Waals surface area contributed by atoms with Gasteiger partial charge < -0.3 is 4.74 Å². The minimum atomic E-state index is 0.175. The highest BCUT2D eigenvalue weighted by atomic mass is 32.1. The number of hydrogen-bond acceptors (Lipinski definition) is 3. The summed E-state index contributed by atoms with van der Waals surface area (Å²) in [5.41, 5.74) is 1.22. The van der Waals surface area contributed by atoms with Gasteiger partial charge in [0.15, 0.2) is 0 Å². The molecule has 3 heteroatoms. The zero-order valence-corrected chi connectivity index (χ0v) is 11.0. The Labute approximate surface area is 100 Å². The zero-order valence-electron chi connectivity index (χ0n) is 10.2. The van der Waals surface area contributed by atoms with Gasteiger partial charge in [-0.2, -0.15) is 0 Å². The van der Waals surface area contributed by atoms with E-state index in [1.54, 1.807) is 11.3 Å². The zero-order chi connectivity index (χ0) is 11.8. The van der Waals surface area contributed by atoms with Crippen molar-refractivity contribution in [3.05, 3.63) is 23.2 Å². The molecule has 2 heterocycles. The van der Waals surface area contributed by atoms with E-state index in [0.29, 0.717) is 6.61 Å². The lowest BCUT2D eigenvalue weighted by Crippen LogP contribution is -2.07. The number of rotatable bonds is 2. The molecule has 86 valence electrons. The van der Waals surface area contributed by atoms with Crippen molar-refractivity contribution in [3.63, 3.8) is 0 Å². The van der Waals surface area contributed by atoms with E-state index in [1.807, 2.05) is 19.2 Å². The summed E-state index contributed by atoms with van der Waals surface area (Å²) in [5, 5.41) is 0. The number of nitrogens with zero attached hydrogens (tertiary/aromatic N) is 1. The summed E-state index contributed by atoms with van der Waals surface area (Å²) in [4.78, 5) is 5.74. The number of ether oxygens (including phenoxy) is 1. The second kappa shape index (κ2) is 4.06. The van der Waals surface area contributed by atoms with E-state index >= 15 is 0 Å². The van der Waals surface area contributed by atoms with Crippen LogP contribution < -0.4 is 4.74 Å². The van der Waals surface area contributed by atoms with Gasteiger partial charge in [-0.25, -0.2) is 0 Å². The highest BCUT2D eigenvalue weighted by Crippen LogP contribution is 2.37. The Bertz CT molecular complexity index is 496. The third kappa shape index (κ3) is 2.05. The summed E-state index contributed by atoms with van der Waals surface area (Å²) < 4.78 is 6.78. The lowest BCUT2D eigenvalue weighted by molar-refractivity contribution is 0.344. The van der Waals surface area contributed by atoms with Crippen LogP contribution in [0.3, 0.4) is 0 Å². The van der Waals surface area contributed by atoms with Gasteiger partial charge in [0.2, 0.25) is 0 Å². The minimum absolute atomic E-state index is 0.175. The first-order valence-corrected chi connectivity index (χ1v) is 6.36. The van der Waals surface area contributed by atoms with Crippen molar-refractivity contribution in [3.8, 4) is 5.75 Å². The van der Waals surface area contributed by atoms with Crippen LogP contribution >= 0.6 is 11.3 Å². The fourth-order valence-electron chi connectivity index (χ4n) is 1.55. The largest absolute Gasteiger partial charge is 0.492 e. The summed E-state index contributed by atoms with van der Waals surface area (Å²) >= 11 is 1.78. The third-order valence-electron chi connectivity index (χ3n) is 2.41. The average molecular weight is 235 g/mol. The molecule has 0 spiro atoms. The number of pyridine rings is 1. The predicted molar refractivity (Wildman–Crippen MR) is 69.5 cm³/mol. The first-order valence-electron chi connectivity index (χ1n) is 5.54. The van der Waals surface area contributed by atoms with E-state index in [-0.39, 0.29) is 5.41 Å². The molecule has 0 fully saturated rings. The molecule has 2 aromatic rings. The van der Waals surface area contributed by atoms with Crippen LogP contribution in [0.2, 0.25) is 0 Å². The van der Waals surface area contributed by atoms with Crippen LogP contribution in [0, 0.1) is 0 Å². The first kappa shape index (κ1) is 11.4. The van der Waals surface area contributed by atoms with E-state index < -0.39 is 0 Å². The molecule has 0 unspecified atom stereocenters. The summed E-state index contributed by atoms with van der Waals surface area (Å²) in [6.07, 6.45) is 1.81. The van der Waals surface area contributed by atoms with Crippen LogP contribution in [0.5, 0.6) is 5.75 Å². The van der Waals surface area contributed by atoms with Crippen LogP contribution in [-0.2, 0) is 5.41 Å². The maximum atomic E-state index is 5.62. The topological polar surface area (TPSA) is 22.1 Å². The van der Waals surface area contributed by atoms with Crippen molar-refractivity contribution in [2.45, 2.75) is 33.1 Å². The van der Waals surface area contributed by atoms with E-state index in [2.05, 4.69) is 31.8 Å². The molecule has 0 atom stereocenters. The molecule has 0 saturated carbocycles. The Hall–Kier alpha value is -1.09. The molecular formula is C13H17NOS. The molecule has 2 aromatic heterocycles. The van der Waals surface area contributed by atoms with Crippen molar-refractivity contribution in [1.29, 1.82) is 0 Å². The number of aromatic nitrogens is 1. The number of thiophene rings is 1. The number of hydrogen-bond donors (Lipinski definition) is 0. The number of fused-ring (bicyclic) bond motifs is 1. The van der Waals surface area contributed by atoms with Crippen LogP contribution in [-0.4, -0.2) is 11.6 Å². The molecule has 0 aromatic carbocycles. The van der Waals surface area contributed by atoms with Crippen LogP contribution in [0.4, 0.5) is 0 Å². The maximum Gasteiger partial charge on any atom is 0.140 e. The summed E-state index contributed by atoms with van der Waals surface area (Å²) in [7, 11) is 0. The van der Waals surface area contributed by atoms with Crippen molar-refractivity contribution in [2.24, 2.45) is 0 Å². The lowest BCUT2D eigenvalue weighted by Gasteiger charge is -2.14. The highest BCUT2D eigenvalue weighted by molar-refractivity contribution is 7.19. The van der Waals surface area contributed by atoms with E-state index in [1.165, 1.54) is 4.88 Å². The van der Waals surface area contributed by atoms with Crippen LogP contribution in [0.25, 0.3) is 10.2 Å². The van der Waals surface area contributed by atoms with E-state index in [0.717, 1.165) is 16.0 Å². The predicted octanol–water partition coefficient (Wildman–Crippen LogP) is 3.99. The Morgan fingerprint density at radius 1 is 1.38 bits per heavy atom. The second-order valence-electron chi connectivity index (χ2n) is 4.82. The van der Waals surface area contributed by atoms with Gasteiger partial charge in [0.25, 0.3) is 0 Å². The third-order valence-corrected chi connectivity index (χ3v) is 3.98. The molecule has 0 amide bonds. The molecule has 2 rings (SSSR count). The van der Waals surface area contributed by atoms with Crippen molar-refractivity contribution in [1.82, 2.24) is 4.98 Å². The van der Waals surface area contributed by atoms with Gasteiger partial charge in [0, 0.05) is 11.1 Å². The second-order valence-corrected chi connectivity index (χ2v) is 5.87. The molecular weight excluding hydrogens is 218 g/mol. The summed E-state index contributed by atoms with van der Waals surface area (Å²) in [6, 6.07) is 4.11. The standard InChI is InChI=1S/C13H17NOS/c1-5-15-10-6-7-14-9-8-11(13(2,3)4)16-12(9)10/h6-8H,5H2,1-4H3. The van der Waals surface area contributed by atoms with E-state index in [9.17, 15) is 0 Å². The smallest absolute Gasteiger partial charge is 0.140 e. The molecule has 16 heavy (non-hydrogen) atoms. The average Bonchev–Trinajstić information content (AvgIpc) is 2.62. The molecule has 0 bridgehead atoms. The monoisotopic (exact) mass is 235 g/mol. The Balaban J connectivity index is 2.57. The molecule has 0 aliphatic carbocycles. The summed E-state index contributed by atoms with van der Waals surface area (Å²) in [6.45, 7) is 9.36. The molecule has 0 aliphatic rings. The molecule has 0 N–H and O–H groups in total. The Morgan fingerprint density at radius 2 is 2.12 bits per heavy atom. The molecule has 0 saturated heterocycles. The van der Waals surface area contributed by atoms with E-state index in [4.69, 9.17) is 4.74 Å². The summed E-state index contributed by atoms with van der Waals surface area (Å²) in [5.74, 6) is 0.952. The molecule has 0 radical (unpaired) electrons. The van der Waals surface area contributed by atoms with Crippen LogP contribution in [0.15, 0.2) is 18.3 Å². The van der Waals surface area contributed by atoms with Gasteiger partial charge in [-0.15, -0.1) is 11.3 Å². The van der Waals surface area contributed by atoms with Gasteiger partial charge in [-0.1, -0.05) is 20.8 Å².